The summed E-state index contributed by atoms with van der Waals surface area (Å²) in [6.45, 7) is 2.81. The molecule has 1 aliphatic heterocycles. The van der Waals surface area contributed by atoms with Gasteiger partial charge in [-0.1, -0.05) is 12.8 Å². The Bertz CT molecular complexity index is 106. The highest BCUT2D eigenvalue weighted by molar-refractivity contribution is 4.64. The second kappa shape index (κ2) is 5.55. The zero-order valence-corrected chi connectivity index (χ0v) is 7.96. The second-order valence-corrected chi connectivity index (χ2v) is 3.77. The molecular weight excluding hydrogens is 152 g/mol. The van der Waals surface area contributed by atoms with Gasteiger partial charge < -0.3 is 9.84 Å². The van der Waals surface area contributed by atoms with E-state index in [0.29, 0.717) is 6.10 Å². The lowest BCUT2D eigenvalue weighted by Gasteiger charge is -2.08. The van der Waals surface area contributed by atoms with Crippen molar-refractivity contribution in [2.45, 2.75) is 57.7 Å². The van der Waals surface area contributed by atoms with E-state index in [1.807, 2.05) is 6.92 Å². The molecule has 0 saturated carbocycles. The first-order valence-electron chi connectivity index (χ1n) is 5.08. The second-order valence-electron chi connectivity index (χ2n) is 3.77. The smallest absolute Gasteiger partial charge is 0.0576 e. The van der Waals surface area contributed by atoms with Crippen molar-refractivity contribution in [1.82, 2.24) is 0 Å². The number of aliphatic hydroxyl groups is 1. The van der Waals surface area contributed by atoms with Crippen molar-refractivity contribution < 1.29 is 9.84 Å². The summed E-state index contributed by atoms with van der Waals surface area (Å²) < 4.78 is 5.50. The zero-order chi connectivity index (χ0) is 8.81. The molecule has 1 aliphatic rings. The molecular formula is C10H20O2. The SMILES string of the molecule is C[C@@H](O)CCCC[C@H]1CCCO1. The third kappa shape index (κ3) is 4.07. The number of unbranched alkanes of at least 4 members (excludes halogenated alkanes) is 1. The highest BCUT2D eigenvalue weighted by atomic mass is 16.5. The van der Waals surface area contributed by atoms with Crippen LogP contribution < -0.4 is 0 Å². The molecule has 0 radical (unpaired) electrons. The van der Waals surface area contributed by atoms with E-state index in [1.165, 1.54) is 25.7 Å². The molecule has 0 aliphatic carbocycles. The summed E-state index contributed by atoms with van der Waals surface area (Å²) in [5, 5.41) is 9.01. The van der Waals surface area contributed by atoms with Gasteiger partial charge in [0.1, 0.15) is 0 Å². The maximum absolute atomic E-state index is 9.01. The predicted octanol–water partition coefficient (Wildman–Crippen LogP) is 2.11. The molecule has 2 atom stereocenters. The summed E-state index contributed by atoms with van der Waals surface area (Å²) >= 11 is 0. The van der Waals surface area contributed by atoms with E-state index in [4.69, 9.17) is 9.84 Å². The predicted molar refractivity (Wildman–Crippen MR) is 49.1 cm³/mol. The van der Waals surface area contributed by atoms with E-state index in [-0.39, 0.29) is 6.10 Å². The molecule has 0 spiro atoms. The number of aliphatic hydroxyl groups excluding tert-OH is 1. The van der Waals surface area contributed by atoms with Crippen molar-refractivity contribution in [3.05, 3.63) is 0 Å². The molecule has 0 aromatic heterocycles. The highest BCUT2D eigenvalue weighted by Crippen LogP contribution is 2.18. The number of ether oxygens (including phenoxy) is 1. The summed E-state index contributed by atoms with van der Waals surface area (Å²) in [6.07, 6.45) is 7.34. The molecule has 0 amide bonds. The fourth-order valence-electron chi connectivity index (χ4n) is 1.68. The number of rotatable bonds is 5. The first kappa shape index (κ1) is 10.0. The van der Waals surface area contributed by atoms with Crippen LogP contribution in [0.25, 0.3) is 0 Å². The van der Waals surface area contributed by atoms with Crippen LogP contribution in [0.3, 0.4) is 0 Å². The van der Waals surface area contributed by atoms with Crippen molar-refractivity contribution in [3.8, 4) is 0 Å². The Morgan fingerprint density at radius 1 is 1.50 bits per heavy atom. The minimum absolute atomic E-state index is 0.130. The van der Waals surface area contributed by atoms with Crippen LogP contribution in [0.15, 0.2) is 0 Å². The average molecular weight is 172 g/mol. The van der Waals surface area contributed by atoms with Crippen molar-refractivity contribution in [3.63, 3.8) is 0 Å². The van der Waals surface area contributed by atoms with Crippen LogP contribution in [-0.4, -0.2) is 23.9 Å². The van der Waals surface area contributed by atoms with Crippen LogP contribution in [0.2, 0.25) is 0 Å². The topological polar surface area (TPSA) is 29.5 Å². The zero-order valence-electron chi connectivity index (χ0n) is 7.96. The summed E-state index contributed by atoms with van der Waals surface area (Å²) in [5.74, 6) is 0. The lowest BCUT2D eigenvalue weighted by molar-refractivity contribution is 0.0999. The molecule has 0 aromatic carbocycles. The maximum atomic E-state index is 9.01. The van der Waals surface area contributed by atoms with Crippen LogP contribution in [0.4, 0.5) is 0 Å². The van der Waals surface area contributed by atoms with Crippen molar-refractivity contribution in [2.75, 3.05) is 6.61 Å². The third-order valence-electron chi connectivity index (χ3n) is 2.42. The van der Waals surface area contributed by atoms with Crippen LogP contribution >= 0.6 is 0 Å². The van der Waals surface area contributed by atoms with E-state index >= 15 is 0 Å². The quantitative estimate of drug-likeness (QED) is 0.643. The standard InChI is InChI=1S/C10H20O2/c1-9(11)5-2-3-6-10-7-4-8-12-10/h9-11H,2-8H2,1H3/t9-,10+/m1/s1. The van der Waals surface area contributed by atoms with E-state index in [0.717, 1.165) is 19.4 Å². The van der Waals surface area contributed by atoms with Gasteiger partial charge in [0.05, 0.1) is 12.2 Å². The van der Waals surface area contributed by atoms with Gasteiger partial charge in [0.2, 0.25) is 0 Å². The van der Waals surface area contributed by atoms with Gasteiger partial charge in [0.25, 0.3) is 0 Å². The molecule has 12 heavy (non-hydrogen) atoms. The summed E-state index contributed by atoms with van der Waals surface area (Å²) in [4.78, 5) is 0. The molecule has 1 N–H and O–H groups in total. The van der Waals surface area contributed by atoms with Gasteiger partial charge in [-0.05, 0) is 32.6 Å². The summed E-state index contributed by atoms with van der Waals surface area (Å²) in [6, 6.07) is 0. The molecule has 1 saturated heterocycles. The lowest BCUT2D eigenvalue weighted by Crippen LogP contribution is -2.05. The van der Waals surface area contributed by atoms with E-state index in [9.17, 15) is 0 Å². The Kier molecular flexibility index (Phi) is 4.62. The van der Waals surface area contributed by atoms with Gasteiger partial charge in [-0.25, -0.2) is 0 Å². The van der Waals surface area contributed by atoms with Crippen LogP contribution in [0.1, 0.15) is 45.4 Å². The summed E-state index contributed by atoms with van der Waals surface area (Å²) in [5.41, 5.74) is 0. The molecule has 2 heteroatoms. The monoisotopic (exact) mass is 172 g/mol. The minimum Gasteiger partial charge on any atom is -0.393 e. The normalized spacial score (nSPS) is 26.0. The largest absolute Gasteiger partial charge is 0.393 e. The fraction of sp³-hybridized carbons (Fsp3) is 1.00. The summed E-state index contributed by atoms with van der Waals surface area (Å²) in [7, 11) is 0. The molecule has 1 heterocycles. The van der Waals surface area contributed by atoms with E-state index in [2.05, 4.69) is 0 Å². The molecule has 0 aromatic rings. The first-order valence-corrected chi connectivity index (χ1v) is 5.08. The highest BCUT2D eigenvalue weighted by Gasteiger charge is 2.14. The Morgan fingerprint density at radius 3 is 2.92 bits per heavy atom. The molecule has 0 bridgehead atoms. The molecule has 1 rings (SSSR count). The minimum atomic E-state index is -0.130. The maximum Gasteiger partial charge on any atom is 0.0576 e. The van der Waals surface area contributed by atoms with Crippen molar-refractivity contribution >= 4 is 0 Å². The first-order chi connectivity index (χ1) is 5.79. The van der Waals surface area contributed by atoms with Crippen molar-refractivity contribution in [1.29, 1.82) is 0 Å². The molecule has 0 unspecified atom stereocenters. The Labute approximate surface area is 74.9 Å². The van der Waals surface area contributed by atoms with Crippen LogP contribution in [-0.2, 0) is 4.74 Å². The molecule has 2 nitrogen and oxygen atoms in total. The van der Waals surface area contributed by atoms with Crippen LogP contribution in [0.5, 0.6) is 0 Å². The van der Waals surface area contributed by atoms with Gasteiger partial charge in [-0.2, -0.15) is 0 Å². The van der Waals surface area contributed by atoms with Gasteiger partial charge in [0.15, 0.2) is 0 Å². The molecule has 72 valence electrons. The van der Waals surface area contributed by atoms with E-state index < -0.39 is 0 Å². The lowest BCUT2D eigenvalue weighted by atomic mass is 10.1. The van der Waals surface area contributed by atoms with Gasteiger partial charge in [-0.3, -0.25) is 0 Å². The number of hydrogen-bond donors (Lipinski definition) is 1. The fourth-order valence-corrected chi connectivity index (χ4v) is 1.68. The van der Waals surface area contributed by atoms with Gasteiger partial charge >= 0.3 is 0 Å². The van der Waals surface area contributed by atoms with Gasteiger partial charge in [-0.15, -0.1) is 0 Å². The van der Waals surface area contributed by atoms with E-state index in [1.54, 1.807) is 0 Å². The Balaban J connectivity index is 1.88. The van der Waals surface area contributed by atoms with Crippen molar-refractivity contribution in [2.24, 2.45) is 0 Å². The Morgan fingerprint density at radius 2 is 2.33 bits per heavy atom. The third-order valence-corrected chi connectivity index (χ3v) is 2.42. The number of hydrogen-bond acceptors (Lipinski definition) is 2. The van der Waals surface area contributed by atoms with Gasteiger partial charge in [0, 0.05) is 6.61 Å². The van der Waals surface area contributed by atoms with Crippen LogP contribution in [0, 0.1) is 0 Å². The Hall–Kier alpha value is -0.0800. The molecule has 1 fully saturated rings. The average Bonchev–Trinajstić information content (AvgIpc) is 2.49.